The molecule has 1 atom stereocenters. The zero-order valence-electron chi connectivity index (χ0n) is 14.2. The maximum Gasteiger partial charge on any atom is 0.341 e. The molecule has 1 aliphatic rings. The highest BCUT2D eigenvalue weighted by Crippen LogP contribution is 2.40. The Kier molecular flexibility index (Phi) is 5.81. The van der Waals surface area contributed by atoms with Crippen molar-refractivity contribution in [3.63, 3.8) is 0 Å². The number of nitrogens with one attached hydrogen (secondary N) is 1. The van der Waals surface area contributed by atoms with Gasteiger partial charge in [0.05, 0.1) is 22.9 Å². The number of carbonyl (C=O) groups is 2. The molecule has 7 heteroatoms. The van der Waals surface area contributed by atoms with Crippen LogP contribution in [0.3, 0.4) is 0 Å². The van der Waals surface area contributed by atoms with Gasteiger partial charge in [-0.2, -0.15) is 0 Å². The third-order valence-electron chi connectivity index (χ3n) is 4.21. The number of anilines is 1. The van der Waals surface area contributed by atoms with Crippen LogP contribution in [-0.4, -0.2) is 18.5 Å². The summed E-state index contributed by atoms with van der Waals surface area (Å²) in [5.74, 6) is 0.109. The van der Waals surface area contributed by atoms with Gasteiger partial charge in [0.25, 0.3) is 0 Å². The van der Waals surface area contributed by atoms with E-state index in [1.165, 1.54) is 27.6 Å². The highest BCUT2D eigenvalue weighted by molar-refractivity contribution is 7.17. The molecule has 134 valence electrons. The van der Waals surface area contributed by atoms with Crippen LogP contribution in [-0.2, 0) is 28.8 Å². The summed E-state index contributed by atoms with van der Waals surface area (Å²) in [6.45, 7) is 4.32. The van der Waals surface area contributed by atoms with Gasteiger partial charge in [-0.25, -0.2) is 4.79 Å². The molecule has 1 N–H and O–H groups in total. The molecule has 0 aliphatic heterocycles. The Morgan fingerprint density at radius 2 is 2.16 bits per heavy atom. The predicted molar refractivity (Wildman–Crippen MR) is 103 cm³/mol. The van der Waals surface area contributed by atoms with Gasteiger partial charge < -0.3 is 10.1 Å². The lowest BCUT2D eigenvalue weighted by Gasteiger charge is -2.18. The first-order valence-electron chi connectivity index (χ1n) is 8.33. The Balaban J connectivity index is 1.84. The number of hydrogen-bond donors (Lipinski definition) is 1. The fourth-order valence-electron chi connectivity index (χ4n) is 3.03. The maximum atomic E-state index is 12.4. The first-order chi connectivity index (χ1) is 12.0. The Hall–Kier alpha value is -1.37. The van der Waals surface area contributed by atoms with Gasteiger partial charge in [-0.05, 0) is 49.8 Å². The van der Waals surface area contributed by atoms with Gasteiger partial charge in [0.2, 0.25) is 5.91 Å². The topological polar surface area (TPSA) is 55.4 Å². The van der Waals surface area contributed by atoms with Crippen LogP contribution in [0.2, 0.25) is 4.34 Å². The van der Waals surface area contributed by atoms with Crippen LogP contribution in [0.4, 0.5) is 5.00 Å². The number of rotatable bonds is 5. The van der Waals surface area contributed by atoms with E-state index in [1.54, 1.807) is 13.0 Å². The number of thiophene rings is 2. The van der Waals surface area contributed by atoms with Crippen molar-refractivity contribution in [2.75, 3.05) is 11.9 Å². The minimum absolute atomic E-state index is 0.143. The summed E-state index contributed by atoms with van der Waals surface area (Å²) in [6, 6.07) is 3.63. The number of hydrogen-bond acceptors (Lipinski definition) is 5. The molecule has 0 spiro atoms. The molecule has 1 amide bonds. The second kappa shape index (κ2) is 7.89. The number of carbonyl (C=O) groups excluding carboxylic acids is 2. The monoisotopic (exact) mass is 397 g/mol. The van der Waals surface area contributed by atoms with E-state index >= 15 is 0 Å². The standard InChI is InChI=1S/C18H20ClNO3S2/c1-3-23-18(22)16-12-6-4-10(2)8-13(12)25-17(16)20-15(21)9-11-5-7-14(19)24-11/h5,7,10H,3-4,6,8-9H2,1-2H3,(H,20,21). The maximum absolute atomic E-state index is 12.4. The second-order valence-electron chi connectivity index (χ2n) is 6.21. The van der Waals surface area contributed by atoms with Crippen LogP contribution in [0.25, 0.3) is 0 Å². The van der Waals surface area contributed by atoms with Crippen molar-refractivity contribution >= 4 is 51.2 Å². The summed E-state index contributed by atoms with van der Waals surface area (Å²) in [6.07, 6.45) is 3.11. The van der Waals surface area contributed by atoms with Gasteiger partial charge in [0.1, 0.15) is 5.00 Å². The lowest BCUT2D eigenvalue weighted by Crippen LogP contribution is -2.17. The zero-order chi connectivity index (χ0) is 18.0. The predicted octanol–water partition coefficient (Wildman–Crippen LogP) is 4.95. The minimum atomic E-state index is -0.343. The van der Waals surface area contributed by atoms with Gasteiger partial charge in [-0.3, -0.25) is 4.79 Å². The van der Waals surface area contributed by atoms with E-state index in [-0.39, 0.29) is 18.3 Å². The third kappa shape index (κ3) is 4.25. The Labute approximate surface area is 160 Å². The molecule has 1 unspecified atom stereocenters. The SMILES string of the molecule is CCOC(=O)c1c(NC(=O)Cc2ccc(Cl)s2)sc2c1CCC(C)C2. The fourth-order valence-corrected chi connectivity index (χ4v) is 5.54. The summed E-state index contributed by atoms with van der Waals surface area (Å²) in [7, 11) is 0. The number of ether oxygens (including phenoxy) is 1. The summed E-state index contributed by atoms with van der Waals surface area (Å²) in [5, 5.41) is 3.54. The summed E-state index contributed by atoms with van der Waals surface area (Å²) < 4.78 is 5.89. The lowest BCUT2D eigenvalue weighted by molar-refractivity contribution is -0.115. The molecule has 0 bridgehead atoms. The quantitative estimate of drug-likeness (QED) is 0.726. The van der Waals surface area contributed by atoms with Crippen LogP contribution in [0.1, 0.15) is 45.9 Å². The van der Waals surface area contributed by atoms with Gasteiger partial charge >= 0.3 is 5.97 Å². The molecule has 2 heterocycles. The van der Waals surface area contributed by atoms with Gasteiger partial charge in [0.15, 0.2) is 0 Å². The minimum Gasteiger partial charge on any atom is -0.462 e. The Morgan fingerprint density at radius 3 is 2.84 bits per heavy atom. The molecule has 2 aromatic heterocycles. The molecule has 1 aliphatic carbocycles. The van der Waals surface area contributed by atoms with Crippen LogP contribution in [0, 0.1) is 5.92 Å². The van der Waals surface area contributed by atoms with E-state index in [1.807, 2.05) is 6.07 Å². The molecule has 0 radical (unpaired) electrons. The Morgan fingerprint density at radius 1 is 1.36 bits per heavy atom. The van der Waals surface area contributed by atoms with Gasteiger partial charge in [-0.15, -0.1) is 22.7 Å². The van der Waals surface area contributed by atoms with Crippen molar-refractivity contribution in [1.29, 1.82) is 0 Å². The average Bonchev–Trinajstić information content (AvgIpc) is 3.09. The fraction of sp³-hybridized carbons (Fsp3) is 0.444. The molecule has 3 rings (SSSR count). The number of amides is 1. The summed E-state index contributed by atoms with van der Waals surface area (Å²) >= 11 is 8.81. The third-order valence-corrected chi connectivity index (χ3v) is 6.61. The van der Waals surface area contributed by atoms with Crippen molar-refractivity contribution in [3.05, 3.63) is 37.4 Å². The smallest absolute Gasteiger partial charge is 0.341 e. The molecule has 25 heavy (non-hydrogen) atoms. The number of fused-ring (bicyclic) bond motifs is 1. The van der Waals surface area contributed by atoms with Crippen LogP contribution in [0.15, 0.2) is 12.1 Å². The second-order valence-corrected chi connectivity index (χ2v) is 9.11. The lowest BCUT2D eigenvalue weighted by atomic mass is 9.88. The largest absolute Gasteiger partial charge is 0.462 e. The highest BCUT2D eigenvalue weighted by atomic mass is 35.5. The molecular weight excluding hydrogens is 378 g/mol. The van der Waals surface area contributed by atoms with E-state index in [2.05, 4.69) is 12.2 Å². The van der Waals surface area contributed by atoms with Crippen molar-refractivity contribution in [3.8, 4) is 0 Å². The molecule has 0 fully saturated rings. The first kappa shape index (κ1) is 18.4. The first-order valence-corrected chi connectivity index (χ1v) is 10.3. The molecule has 0 saturated heterocycles. The van der Waals surface area contributed by atoms with E-state index in [9.17, 15) is 9.59 Å². The summed E-state index contributed by atoms with van der Waals surface area (Å²) in [5.41, 5.74) is 1.60. The summed E-state index contributed by atoms with van der Waals surface area (Å²) in [4.78, 5) is 26.9. The van der Waals surface area contributed by atoms with E-state index in [0.29, 0.717) is 27.4 Å². The average molecular weight is 398 g/mol. The molecule has 4 nitrogen and oxygen atoms in total. The van der Waals surface area contributed by atoms with E-state index < -0.39 is 0 Å². The zero-order valence-corrected chi connectivity index (χ0v) is 16.6. The molecule has 2 aromatic rings. The highest BCUT2D eigenvalue weighted by Gasteiger charge is 2.29. The van der Waals surface area contributed by atoms with Crippen LogP contribution < -0.4 is 5.32 Å². The normalized spacial score (nSPS) is 16.4. The van der Waals surface area contributed by atoms with Crippen LogP contribution in [0.5, 0.6) is 0 Å². The number of esters is 1. The van der Waals surface area contributed by atoms with Gasteiger partial charge in [-0.1, -0.05) is 18.5 Å². The van der Waals surface area contributed by atoms with E-state index in [0.717, 1.165) is 29.7 Å². The van der Waals surface area contributed by atoms with Crippen molar-refractivity contribution in [1.82, 2.24) is 0 Å². The molecular formula is C18H20ClNO3S2. The van der Waals surface area contributed by atoms with Gasteiger partial charge in [0, 0.05) is 9.75 Å². The Bertz CT molecular complexity index is 796. The van der Waals surface area contributed by atoms with Crippen LogP contribution >= 0.6 is 34.3 Å². The van der Waals surface area contributed by atoms with Crippen molar-refractivity contribution in [2.24, 2.45) is 5.92 Å². The van der Waals surface area contributed by atoms with Crippen molar-refractivity contribution in [2.45, 2.75) is 39.5 Å². The number of halogens is 1. The van der Waals surface area contributed by atoms with Crippen molar-refractivity contribution < 1.29 is 14.3 Å². The molecule has 0 aromatic carbocycles. The molecule has 0 saturated carbocycles. The van der Waals surface area contributed by atoms with E-state index in [4.69, 9.17) is 16.3 Å².